The van der Waals surface area contributed by atoms with Crippen LogP contribution in [-0.2, 0) is 11.3 Å². The predicted molar refractivity (Wildman–Crippen MR) is 198 cm³/mol. The first-order chi connectivity index (χ1) is 23.1. The van der Waals surface area contributed by atoms with Crippen molar-refractivity contribution in [1.29, 1.82) is 0 Å². The molecule has 0 aliphatic heterocycles. The van der Waals surface area contributed by atoms with Gasteiger partial charge in [-0.2, -0.15) is 16.9 Å². The molecule has 47 heavy (non-hydrogen) atoms. The molecule has 0 saturated heterocycles. The molecule has 0 spiro atoms. The van der Waals surface area contributed by atoms with Crippen LogP contribution in [0.15, 0.2) is 132 Å². The third kappa shape index (κ3) is 5.87. The monoisotopic (exact) mass is 637 g/mol. The number of para-hydroxylation sites is 1. The molecular weight excluding hydrogens is 599 g/mol. The summed E-state index contributed by atoms with van der Waals surface area (Å²) >= 11 is 1.86. The highest BCUT2D eigenvalue weighted by Gasteiger charge is 2.35. The molecule has 7 heteroatoms. The van der Waals surface area contributed by atoms with Crippen molar-refractivity contribution >= 4 is 44.6 Å². The van der Waals surface area contributed by atoms with Crippen LogP contribution in [0.1, 0.15) is 22.4 Å². The van der Waals surface area contributed by atoms with Crippen molar-refractivity contribution in [1.82, 2.24) is 19.8 Å². The van der Waals surface area contributed by atoms with E-state index in [0.29, 0.717) is 10.8 Å². The van der Waals surface area contributed by atoms with E-state index < -0.39 is 5.54 Å². The fourth-order valence-electron chi connectivity index (χ4n) is 6.68. The van der Waals surface area contributed by atoms with Gasteiger partial charge in [0.15, 0.2) is 5.43 Å². The van der Waals surface area contributed by atoms with Gasteiger partial charge in [-0.05, 0) is 55.1 Å². The van der Waals surface area contributed by atoms with E-state index in [0.717, 1.165) is 58.9 Å². The summed E-state index contributed by atoms with van der Waals surface area (Å²) in [6.45, 7) is 2.41. The molecule has 0 atom stereocenters. The van der Waals surface area contributed by atoms with Gasteiger partial charge < -0.3 is 10.2 Å². The Balaban J connectivity index is 1.18. The van der Waals surface area contributed by atoms with E-state index in [-0.39, 0.29) is 5.43 Å². The molecule has 7 aromatic rings. The second kappa shape index (κ2) is 13.6. The van der Waals surface area contributed by atoms with Crippen LogP contribution in [0, 0.1) is 0 Å². The minimum Gasteiger partial charge on any atom is -0.383 e. The number of nitrogens with zero attached hydrogens (tertiary/aromatic N) is 3. The highest BCUT2D eigenvalue weighted by atomic mass is 32.2. The van der Waals surface area contributed by atoms with Gasteiger partial charge in [0.25, 0.3) is 0 Å². The van der Waals surface area contributed by atoms with Crippen LogP contribution in [0.3, 0.4) is 0 Å². The molecule has 0 fully saturated rings. The Labute approximate surface area is 279 Å². The zero-order valence-electron chi connectivity index (χ0n) is 26.8. The molecule has 5 aromatic carbocycles. The highest BCUT2D eigenvalue weighted by Crippen LogP contribution is 2.37. The van der Waals surface area contributed by atoms with Gasteiger partial charge in [0.1, 0.15) is 0 Å². The van der Waals surface area contributed by atoms with Crippen molar-refractivity contribution in [2.75, 3.05) is 44.8 Å². The summed E-state index contributed by atoms with van der Waals surface area (Å²) in [5.41, 5.74) is 6.77. The third-order valence-corrected chi connectivity index (χ3v) is 9.87. The number of thioether (sulfide) groups is 1. The maximum atomic E-state index is 13.9. The Hall–Kier alpha value is -4.69. The fraction of sp³-hybridized carbons (Fsp3) is 0.200. The summed E-state index contributed by atoms with van der Waals surface area (Å²) in [7, 11) is 4.10. The number of fused-ring (bicyclic) bond motifs is 2. The van der Waals surface area contributed by atoms with Crippen LogP contribution >= 0.6 is 11.8 Å². The highest BCUT2D eigenvalue weighted by molar-refractivity contribution is 7.98. The number of pyridine rings is 1. The summed E-state index contributed by atoms with van der Waals surface area (Å²) in [6, 6.07) is 44.1. The number of hydrogen-bond acceptors (Lipinski definition) is 6. The second-order valence-electron chi connectivity index (χ2n) is 12.1. The molecule has 2 N–H and O–H groups in total. The molecule has 0 bridgehead atoms. The van der Waals surface area contributed by atoms with E-state index in [1.807, 2.05) is 40.5 Å². The van der Waals surface area contributed by atoms with Gasteiger partial charge in [0.05, 0.1) is 27.7 Å². The molecule has 236 valence electrons. The van der Waals surface area contributed by atoms with Gasteiger partial charge in [-0.3, -0.25) is 10.1 Å². The largest absolute Gasteiger partial charge is 0.383 e. The Kier molecular flexibility index (Phi) is 8.94. The number of anilines is 1. The van der Waals surface area contributed by atoms with E-state index in [1.165, 1.54) is 16.7 Å². The number of nitrogens with one attached hydrogen (secondary N) is 2. The van der Waals surface area contributed by atoms with Crippen molar-refractivity contribution in [3.8, 4) is 0 Å². The maximum Gasteiger partial charge on any atom is 0.199 e. The molecule has 0 aliphatic carbocycles. The van der Waals surface area contributed by atoms with Crippen LogP contribution in [0.25, 0.3) is 27.2 Å². The number of benzene rings is 5. The Morgan fingerprint density at radius 2 is 1.32 bits per heavy atom. The van der Waals surface area contributed by atoms with Crippen molar-refractivity contribution in [2.45, 2.75) is 11.3 Å². The van der Waals surface area contributed by atoms with E-state index in [4.69, 9.17) is 5.10 Å². The molecule has 7 rings (SSSR count). The minimum absolute atomic E-state index is 0.0495. The van der Waals surface area contributed by atoms with Gasteiger partial charge >= 0.3 is 0 Å². The molecule has 2 heterocycles. The second-order valence-corrected chi connectivity index (χ2v) is 13.3. The molecule has 0 aliphatic rings. The smallest absolute Gasteiger partial charge is 0.199 e. The predicted octanol–water partition coefficient (Wildman–Crippen LogP) is 7.23. The third-order valence-electron chi connectivity index (χ3n) is 8.90. The van der Waals surface area contributed by atoms with Crippen molar-refractivity contribution < 1.29 is 0 Å². The molecule has 0 radical (unpaired) electrons. The minimum atomic E-state index is -0.494. The summed E-state index contributed by atoms with van der Waals surface area (Å²) in [4.78, 5) is 16.0. The van der Waals surface area contributed by atoms with Crippen LogP contribution in [0.5, 0.6) is 0 Å². The molecule has 6 nitrogen and oxygen atoms in total. The summed E-state index contributed by atoms with van der Waals surface area (Å²) < 4.78 is 1.98. The van der Waals surface area contributed by atoms with Crippen LogP contribution in [0.2, 0.25) is 0 Å². The lowest BCUT2D eigenvalue weighted by Crippen LogP contribution is -2.45. The molecule has 0 amide bonds. The van der Waals surface area contributed by atoms with Gasteiger partial charge in [-0.15, -0.1) is 0 Å². The zero-order valence-corrected chi connectivity index (χ0v) is 27.6. The normalized spacial score (nSPS) is 12.1. The first-order valence-electron chi connectivity index (χ1n) is 16.1. The topological polar surface area (TPSA) is 61.7 Å². The van der Waals surface area contributed by atoms with Crippen molar-refractivity contribution in [2.24, 2.45) is 0 Å². The first-order valence-corrected chi connectivity index (χ1v) is 17.3. The lowest BCUT2D eigenvalue weighted by atomic mass is 9.77. The van der Waals surface area contributed by atoms with E-state index >= 15 is 0 Å². The number of hydrogen-bond donors (Lipinski definition) is 2. The van der Waals surface area contributed by atoms with E-state index in [9.17, 15) is 4.79 Å². The lowest BCUT2D eigenvalue weighted by molar-refractivity contribution is 0.425. The Morgan fingerprint density at radius 3 is 1.94 bits per heavy atom. The van der Waals surface area contributed by atoms with Crippen molar-refractivity contribution in [3.05, 3.63) is 160 Å². The van der Waals surface area contributed by atoms with Crippen LogP contribution in [0.4, 0.5) is 5.69 Å². The molecule has 0 unspecified atom stereocenters. The van der Waals surface area contributed by atoms with Gasteiger partial charge in [0.2, 0.25) is 0 Å². The Bertz CT molecular complexity index is 2050. The summed E-state index contributed by atoms with van der Waals surface area (Å²) in [6.07, 6.45) is 0. The van der Waals surface area contributed by atoms with E-state index in [1.54, 1.807) is 0 Å². The summed E-state index contributed by atoms with van der Waals surface area (Å²) in [5.74, 6) is 1.62. The number of rotatable bonds is 13. The zero-order chi connectivity index (χ0) is 32.2. The van der Waals surface area contributed by atoms with Gasteiger partial charge in [-0.25, -0.2) is 4.52 Å². The van der Waals surface area contributed by atoms with Gasteiger partial charge in [-0.1, -0.05) is 103 Å². The lowest BCUT2D eigenvalue weighted by Gasteiger charge is -2.37. The van der Waals surface area contributed by atoms with Gasteiger partial charge in [0, 0.05) is 47.6 Å². The first kappa shape index (κ1) is 30.9. The average molecular weight is 638 g/mol. The molecule has 2 aromatic heterocycles. The quantitative estimate of drug-likeness (QED) is 0.0791. The average Bonchev–Trinajstić information content (AvgIpc) is 3.49. The Morgan fingerprint density at radius 1 is 0.723 bits per heavy atom. The van der Waals surface area contributed by atoms with E-state index in [2.05, 4.69) is 133 Å². The SMILES string of the molecule is CN(C)CCNc1ccc2c(CSCCNC(c3ccccc3)(c3ccccc3)c3ccccc3)nn3c4ccccc4c(=O)c1c23. The van der Waals surface area contributed by atoms with Crippen LogP contribution in [-0.4, -0.2) is 54.0 Å². The molecular formula is C40H39N5OS. The molecule has 0 saturated carbocycles. The standard InChI is InChI=1S/C40H39N5OS/c1-44(2)26-24-41-34-23-22-32-35(43-45-36-21-13-12-20-33(36)39(46)37(34)38(32)45)28-47-27-25-42-40(29-14-6-3-7-15-29,30-16-8-4-9-17-30)31-18-10-5-11-19-31/h3-23,41-42H,24-28H2,1-2H3. The number of likely N-dealkylation sites (N-methyl/N-ethyl adjacent to an activating group) is 1. The fourth-order valence-corrected chi connectivity index (χ4v) is 7.47. The van der Waals surface area contributed by atoms with Crippen molar-refractivity contribution in [3.63, 3.8) is 0 Å². The maximum absolute atomic E-state index is 13.9. The number of aromatic nitrogens is 2. The summed E-state index contributed by atoms with van der Waals surface area (Å²) in [5, 5.41) is 15.1. The van der Waals surface area contributed by atoms with Crippen LogP contribution < -0.4 is 16.1 Å².